The van der Waals surface area contributed by atoms with Crippen LogP contribution in [0.25, 0.3) is 0 Å². The van der Waals surface area contributed by atoms with E-state index in [1.807, 2.05) is 24.3 Å². The second-order valence-corrected chi connectivity index (χ2v) is 10.5. The summed E-state index contributed by atoms with van der Waals surface area (Å²) < 4.78 is 4.95. The standard InChI is InChI=1S/C20H22O3.C12H11P/c1-13(2)15-5-9-17(10-6-15)19(21)23-20(22)18-11-7-16(8-12-18)14(3)4;1-3-7-11(8-4-1)13-12-9-5-2-6-10-12/h5-14H,1-4H3;1-10,13H. The SMILES string of the molecule is CC(C)c1ccc(C(=O)OC(=O)c2ccc(C(C)C)cc2)cc1.c1ccc(Pc2ccccc2)cc1. The van der Waals surface area contributed by atoms with E-state index in [0.717, 1.165) is 19.7 Å². The summed E-state index contributed by atoms with van der Waals surface area (Å²) in [6, 6.07) is 35.4. The summed E-state index contributed by atoms with van der Waals surface area (Å²) in [6.07, 6.45) is 0. The maximum atomic E-state index is 12.0. The van der Waals surface area contributed by atoms with Gasteiger partial charge in [-0.2, -0.15) is 0 Å². The Morgan fingerprint density at radius 1 is 0.528 bits per heavy atom. The number of benzene rings is 4. The first-order valence-corrected chi connectivity index (χ1v) is 13.2. The molecule has 4 aromatic rings. The second-order valence-electron chi connectivity index (χ2n) is 9.09. The molecule has 184 valence electrons. The molecule has 0 aliphatic rings. The van der Waals surface area contributed by atoms with Gasteiger partial charge in [-0.25, -0.2) is 9.59 Å². The van der Waals surface area contributed by atoms with Crippen molar-refractivity contribution in [3.05, 3.63) is 131 Å². The Labute approximate surface area is 216 Å². The Kier molecular flexibility index (Phi) is 10.2. The van der Waals surface area contributed by atoms with E-state index in [1.165, 1.54) is 10.6 Å². The normalized spacial score (nSPS) is 10.5. The first-order valence-electron chi connectivity index (χ1n) is 12.2. The third kappa shape index (κ3) is 8.29. The Balaban J connectivity index is 0.000000233. The molecule has 0 spiro atoms. The van der Waals surface area contributed by atoms with Gasteiger partial charge in [0, 0.05) is 0 Å². The maximum Gasteiger partial charge on any atom is 0.346 e. The predicted molar refractivity (Wildman–Crippen MR) is 151 cm³/mol. The van der Waals surface area contributed by atoms with Gasteiger partial charge in [-0.05, 0) is 57.8 Å². The average molecular weight is 497 g/mol. The van der Waals surface area contributed by atoms with Crippen LogP contribution in [0.15, 0.2) is 109 Å². The van der Waals surface area contributed by atoms with E-state index in [9.17, 15) is 9.59 Å². The van der Waals surface area contributed by atoms with Crippen LogP contribution in [0.3, 0.4) is 0 Å². The highest BCUT2D eigenvalue weighted by molar-refractivity contribution is 7.55. The van der Waals surface area contributed by atoms with E-state index in [4.69, 9.17) is 4.74 Å². The molecule has 4 rings (SSSR count). The molecule has 0 atom stereocenters. The zero-order chi connectivity index (χ0) is 25.9. The molecule has 0 aliphatic heterocycles. The van der Waals surface area contributed by atoms with Crippen molar-refractivity contribution >= 4 is 31.1 Å². The first kappa shape index (κ1) is 27.0. The number of carbonyl (C=O) groups is 2. The molecule has 0 N–H and O–H groups in total. The lowest BCUT2D eigenvalue weighted by Crippen LogP contribution is -2.13. The van der Waals surface area contributed by atoms with Crippen LogP contribution < -0.4 is 10.6 Å². The van der Waals surface area contributed by atoms with E-state index in [0.29, 0.717) is 23.0 Å². The summed E-state index contributed by atoms with van der Waals surface area (Å²) in [5.74, 6) is -0.473. The van der Waals surface area contributed by atoms with Crippen LogP contribution in [0.5, 0.6) is 0 Å². The highest BCUT2D eigenvalue weighted by Crippen LogP contribution is 2.17. The number of carbonyl (C=O) groups excluding carboxylic acids is 2. The zero-order valence-electron chi connectivity index (χ0n) is 21.3. The lowest BCUT2D eigenvalue weighted by molar-refractivity contribution is 0.0397. The molecule has 3 nitrogen and oxygen atoms in total. The molecule has 0 bridgehead atoms. The topological polar surface area (TPSA) is 43.4 Å². The van der Waals surface area contributed by atoms with Gasteiger partial charge < -0.3 is 4.74 Å². The Hall–Kier alpha value is -3.55. The molecule has 0 saturated heterocycles. The lowest BCUT2D eigenvalue weighted by atomic mass is 10.0. The van der Waals surface area contributed by atoms with Crippen LogP contribution in [-0.4, -0.2) is 11.9 Å². The molecule has 0 amide bonds. The van der Waals surface area contributed by atoms with Gasteiger partial charge in [0.1, 0.15) is 0 Å². The third-order valence-electron chi connectivity index (χ3n) is 5.65. The highest BCUT2D eigenvalue weighted by atomic mass is 31.1. The molecule has 0 unspecified atom stereocenters. The molecule has 4 heteroatoms. The maximum absolute atomic E-state index is 12.0. The van der Waals surface area contributed by atoms with Crippen molar-refractivity contribution in [2.45, 2.75) is 39.5 Å². The molecular formula is C32H33O3P. The summed E-state index contributed by atoms with van der Waals surface area (Å²) in [6.45, 7) is 8.32. The Morgan fingerprint density at radius 3 is 1.17 bits per heavy atom. The van der Waals surface area contributed by atoms with Crippen molar-refractivity contribution in [2.24, 2.45) is 0 Å². The van der Waals surface area contributed by atoms with Crippen molar-refractivity contribution < 1.29 is 14.3 Å². The molecular weight excluding hydrogens is 463 g/mol. The zero-order valence-corrected chi connectivity index (χ0v) is 22.3. The first-order chi connectivity index (χ1) is 17.3. The van der Waals surface area contributed by atoms with E-state index in [1.54, 1.807) is 24.3 Å². The molecule has 4 aromatic carbocycles. The van der Waals surface area contributed by atoms with Crippen molar-refractivity contribution in [2.75, 3.05) is 0 Å². The van der Waals surface area contributed by atoms with Gasteiger partial charge in [-0.3, -0.25) is 0 Å². The summed E-state index contributed by atoms with van der Waals surface area (Å²) in [5.41, 5.74) is 3.03. The smallest absolute Gasteiger partial charge is 0.346 e. The molecule has 36 heavy (non-hydrogen) atoms. The van der Waals surface area contributed by atoms with Gasteiger partial charge in [0.2, 0.25) is 0 Å². The summed E-state index contributed by atoms with van der Waals surface area (Å²) >= 11 is 0. The predicted octanol–water partition coefficient (Wildman–Crippen LogP) is 7.25. The fourth-order valence-corrected chi connectivity index (χ4v) is 4.47. The van der Waals surface area contributed by atoms with Crippen molar-refractivity contribution in [3.63, 3.8) is 0 Å². The van der Waals surface area contributed by atoms with E-state index < -0.39 is 11.9 Å². The van der Waals surface area contributed by atoms with Crippen molar-refractivity contribution in [1.82, 2.24) is 0 Å². The number of esters is 2. The number of rotatable bonds is 6. The van der Waals surface area contributed by atoms with Crippen LogP contribution in [0, 0.1) is 0 Å². The van der Waals surface area contributed by atoms with Crippen LogP contribution >= 0.6 is 8.58 Å². The van der Waals surface area contributed by atoms with Gasteiger partial charge in [-0.1, -0.05) is 121 Å². The van der Waals surface area contributed by atoms with Gasteiger partial charge in [0.05, 0.1) is 11.1 Å². The van der Waals surface area contributed by atoms with Gasteiger partial charge in [-0.15, -0.1) is 0 Å². The third-order valence-corrected chi connectivity index (χ3v) is 6.89. The van der Waals surface area contributed by atoms with E-state index >= 15 is 0 Å². The number of hydrogen-bond acceptors (Lipinski definition) is 3. The molecule has 0 fully saturated rings. The van der Waals surface area contributed by atoms with Crippen LogP contribution in [0.4, 0.5) is 0 Å². The van der Waals surface area contributed by atoms with Crippen LogP contribution in [0.1, 0.15) is 71.4 Å². The Bertz CT molecular complexity index is 1130. The second kappa shape index (κ2) is 13.5. The van der Waals surface area contributed by atoms with Gasteiger partial charge >= 0.3 is 11.9 Å². The molecule has 0 aromatic heterocycles. The summed E-state index contributed by atoms with van der Waals surface area (Å²) in [7, 11) is 0.777. The molecule has 0 saturated carbocycles. The monoisotopic (exact) mass is 496 g/mol. The van der Waals surface area contributed by atoms with E-state index in [-0.39, 0.29) is 0 Å². The van der Waals surface area contributed by atoms with Crippen LogP contribution in [0.2, 0.25) is 0 Å². The van der Waals surface area contributed by atoms with Gasteiger partial charge in [0.25, 0.3) is 0 Å². The fourth-order valence-electron chi connectivity index (χ4n) is 3.42. The minimum atomic E-state index is -0.627. The summed E-state index contributed by atoms with van der Waals surface area (Å²) in [4.78, 5) is 24.1. The van der Waals surface area contributed by atoms with E-state index in [2.05, 4.69) is 88.4 Å². The number of hydrogen-bond donors (Lipinski definition) is 0. The Morgan fingerprint density at radius 2 is 0.861 bits per heavy atom. The summed E-state index contributed by atoms with van der Waals surface area (Å²) in [5, 5.41) is 2.79. The lowest BCUT2D eigenvalue weighted by Gasteiger charge is -2.08. The van der Waals surface area contributed by atoms with Crippen molar-refractivity contribution in [1.29, 1.82) is 0 Å². The largest absolute Gasteiger partial charge is 0.386 e. The minimum Gasteiger partial charge on any atom is -0.386 e. The quantitative estimate of drug-likeness (QED) is 0.160. The molecule has 0 radical (unpaired) electrons. The molecule has 0 aliphatic carbocycles. The highest BCUT2D eigenvalue weighted by Gasteiger charge is 2.15. The minimum absolute atomic E-state index is 0.376. The fraction of sp³-hybridized carbons (Fsp3) is 0.188. The van der Waals surface area contributed by atoms with Crippen molar-refractivity contribution in [3.8, 4) is 0 Å². The van der Waals surface area contributed by atoms with Crippen LogP contribution in [-0.2, 0) is 4.74 Å². The van der Waals surface area contributed by atoms with Gasteiger partial charge in [0.15, 0.2) is 0 Å². The number of ether oxygens (including phenoxy) is 1. The average Bonchev–Trinajstić information content (AvgIpc) is 2.90. The molecule has 0 heterocycles.